The third-order valence-electron chi connectivity index (χ3n) is 3.26. The van der Waals surface area contributed by atoms with Crippen LogP contribution in [0.2, 0.25) is 0 Å². The van der Waals surface area contributed by atoms with Crippen molar-refractivity contribution in [2.75, 3.05) is 13.1 Å². The predicted octanol–water partition coefficient (Wildman–Crippen LogP) is 3.03. The second-order valence-electron chi connectivity index (χ2n) is 4.73. The number of hydrogen-bond donors (Lipinski definition) is 1. The van der Waals surface area contributed by atoms with E-state index in [1.165, 1.54) is 0 Å². The first kappa shape index (κ1) is 13.3. The molecule has 1 N–H and O–H groups in total. The maximum atomic E-state index is 12.6. The first-order chi connectivity index (χ1) is 9.74. The SMILES string of the molecule is O=C(c1ccccc1)c1ccc(Br)cc1OC1CNC1. The van der Waals surface area contributed by atoms with Gasteiger partial charge >= 0.3 is 0 Å². The molecule has 2 aromatic rings. The van der Waals surface area contributed by atoms with Crippen molar-refractivity contribution in [2.45, 2.75) is 6.10 Å². The van der Waals surface area contributed by atoms with Crippen LogP contribution in [-0.2, 0) is 0 Å². The first-order valence-corrected chi connectivity index (χ1v) is 7.30. The number of nitrogens with one attached hydrogen (secondary N) is 1. The van der Waals surface area contributed by atoms with Crippen LogP contribution in [0.25, 0.3) is 0 Å². The van der Waals surface area contributed by atoms with E-state index in [2.05, 4.69) is 21.2 Å². The predicted molar refractivity (Wildman–Crippen MR) is 81.3 cm³/mol. The molecule has 1 aliphatic heterocycles. The molecule has 20 heavy (non-hydrogen) atoms. The smallest absolute Gasteiger partial charge is 0.196 e. The van der Waals surface area contributed by atoms with Gasteiger partial charge in [0.25, 0.3) is 0 Å². The van der Waals surface area contributed by atoms with Crippen molar-refractivity contribution in [1.82, 2.24) is 5.32 Å². The number of ketones is 1. The molecule has 2 aromatic carbocycles. The van der Waals surface area contributed by atoms with E-state index < -0.39 is 0 Å². The van der Waals surface area contributed by atoms with Crippen LogP contribution in [0.15, 0.2) is 53.0 Å². The quantitative estimate of drug-likeness (QED) is 0.875. The summed E-state index contributed by atoms with van der Waals surface area (Å²) in [4.78, 5) is 12.6. The van der Waals surface area contributed by atoms with Gasteiger partial charge in [-0.25, -0.2) is 0 Å². The Morgan fingerprint density at radius 2 is 1.90 bits per heavy atom. The molecular weight excluding hydrogens is 318 g/mol. The molecule has 1 aliphatic rings. The lowest BCUT2D eigenvalue weighted by Crippen LogP contribution is -2.50. The van der Waals surface area contributed by atoms with Crippen molar-refractivity contribution < 1.29 is 9.53 Å². The zero-order chi connectivity index (χ0) is 13.9. The second kappa shape index (κ2) is 5.77. The van der Waals surface area contributed by atoms with E-state index in [1.807, 2.05) is 42.5 Å². The van der Waals surface area contributed by atoms with E-state index in [0.29, 0.717) is 16.9 Å². The first-order valence-electron chi connectivity index (χ1n) is 6.51. The lowest BCUT2D eigenvalue weighted by atomic mass is 10.0. The number of halogens is 1. The molecule has 1 fully saturated rings. The summed E-state index contributed by atoms with van der Waals surface area (Å²) in [6, 6.07) is 14.8. The number of benzene rings is 2. The minimum absolute atomic E-state index is 0.0135. The zero-order valence-corrected chi connectivity index (χ0v) is 12.4. The molecule has 0 unspecified atom stereocenters. The molecule has 0 atom stereocenters. The highest BCUT2D eigenvalue weighted by molar-refractivity contribution is 9.10. The fraction of sp³-hybridized carbons (Fsp3) is 0.188. The molecule has 3 nitrogen and oxygen atoms in total. The van der Waals surface area contributed by atoms with Crippen molar-refractivity contribution >= 4 is 21.7 Å². The third-order valence-corrected chi connectivity index (χ3v) is 3.76. The van der Waals surface area contributed by atoms with Gasteiger partial charge in [-0.2, -0.15) is 0 Å². The molecule has 0 amide bonds. The summed E-state index contributed by atoms with van der Waals surface area (Å²) >= 11 is 3.42. The summed E-state index contributed by atoms with van der Waals surface area (Å²) in [5.74, 6) is 0.625. The lowest BCUT2D eigenvalue weighted by molar-refractivity contribution is 0.102. The van der Waals surface area contributed by atoms with Gasteiger partial charge in [-0.1, -0.05) is 46.3 Å². The Morgan fingerprint density at radius 3 is 2.55 bits per heavy atom. The van der Waals surface area contributed by atoms with Crippen molar-refractivity contribution in [3.63, 3.8) is 0 Å². The van der Waals surface area contributed by atoms with Crippen LogP contribution in [0.4, 0.5) is 0 Å². The summed E-state index contributed by atoms with van der Waals surface area (Å²) in [6.45, 7) is 1.65. The molecule has 0 aromatic heterocycles. The number of carbonyl (C=O) groups excluding carboxylic acids is 1. The summed E-state index contributed by atoms with van der Waals surface area (Å²) < 4.78 is 6.80. The van der Waals surface area contributed by atoms with Crippen LogP contribution >= 0.6 is 15.9 Å². The number of hydrogen-bond acceptors (Lipinski definition) is 3. The van der Waals surface area contributed by atoms with Crippen molar-refractivity contribution in [3.05, 3.63) is 64.1 Å². The van der Waals surface area contributed by atoms with Gasteiger partial charge in [0.2, 0.25) is 0 Å². The van der Waals surface area contributed by atoms with Crippen LogP contribution in [0.5, 0.6) is 5.75 Å². The van der Waals surface area contributed by atoms with Crippen LogP contribution in [0.3, 0.4) is 0 Å². The Balaban J connectivity index is 1.93. The van der Waals surface area contributed by atoms with Crippen molar-refractivity contribution in [2.24, 2.45) is 0 Å². The maximum Gasteiger partial charge on any atom is 0.196 e. The number of carbonyl (C=O) groups is 1. The minimum Gasteiger partial charge on any atom is -0.487 e. The molecule has 0 radical (unpaired) electrons. The van der Waals surface area contributed by atoms with E-state index in [1.54, 1.807) is 6.07 Å². The van der Waals surface area contributed by atoms with E-state index in [9.17, 15) is 4.79 Å². The van der Waals surface area contributed by atoms with Gasteiger partial charge in [0.05, 0.1) is 5.56 Å². The fourth-order valence-electron chi connectivity index (χ4n) is 2.05. The molecule has 0 spiro atoms. The van der Waals surface area contributed by atoms with Gasteiger partial charge in [-0.3, -0.25) is 4.79 Å². The summed E-state index contributed by atoms with van der Waals surface area (Å²) in [6.07, 6.45) is 0.145. The zero-order valence-electron chi connectivity index (χ0n) is 10.8. The summed E-state index contributed by atoms with van der Waals surface area (Å²) in [7, 11) is 0. The molecule has 0 aliphatic carbocycles. The molecule has 4 heteroatoms. The Hall–Kier alpha value is -1.65. The van der Waals surface area contributed by atoms with Crippen molar-refractivity contribution in [3.8, 4) is 5.75 Å². The monoisotopic (exact) mass is 331 g/mol. The third kappa shape index (κ3) is 2.76. The van der Waals surface area contributed by atoms with Crippen LogP contribution < -0.4 is 10.1 Å². The van der Waals surface area contributed by atoms with Gasteiger partial charge in [-0.15, -0.1) is 0 Å². The van der Waals surface area contributed by atoms with E-state index in [0.717, 1.165) is 17.6 Å². The lowest BCUT2D eigenvalue weighted by Gasteiger charge is -2.28. The van der Waals surface area contributed by atoms with Gasteiger partial charge in [-0.05, 0) is 18.2 Å². The Kier molecular flexibility index (Phi) is 3.85. The molecule has 3 rings (SSSR count). The largest absolute Gasteiger partial charge is 0.487 e. The number of rotatable bonds is 4. The molecule has 0 saturated carbocycles. The average molecular weight is 332 g/mol. The average Bonchev–Trinajstić information content (AvgIpc) is 2.43. The second-order valence-corrected chi connectivity index (χ2v) is 5.65. The highest BCUT2D eigenvalue weighted by Gasteiger charge is 2.22. The van der Waals surface area contributed by atoms with E-state index in [-0.39, 0.29) is 11.9 Å². The fourth-order valence-corrected chi connectivity index (χ4v) is 2.39. The van der Waals surface area contributed by atoms with Gasteiger partial charge in [0.15, 0.2) is 5.78 Å². The Labute approximate surface area is 126 Å². The van der Waals surface area contributed by atoms with Crippen LogP contribution in [0, 0.1) is 0 Å². The van der Waals surface area contributed by atoms with E-state index in [4.69, 9.17) is 4.74 Å². The standard InChI is InChI=1S/C16H14BrNO2/c17-12-6-7-14(15(8-12)20-13-9-18-10-13)16(19)11-4-2-1-3-5-11/h1-8,13,18H,9-10H2. The molecule has 102 valence electrons. The van der Waals surface area contributed by atoms with Crippen LogP contribution in [0.1, 0.15) is 15.9 Å². The Bertz CT molecular complexity index is 624. The van der Waals surface area contributed by atoms with Crippen molar-refractivity contribution in [1.29, 1.82) is 0 Å². The maximum absolute atomic E-state index is 12.6. The van der Waals surface area contributed by atoms with Gasteiger partial charge < -0.3 is 10.1 Å². The van der Waals surface area contributed by atoms with E-state index >= 15 is 0 Å². The Morgan fingerprint density at radius 1 is 1.15 bits per heavy atom. The topological polar surface area (TPSA) is 38.3 Å². The van der Waals surface area contributed by atoms with Crippen LogP contribution in [-0.4, -0.2) is 25.0 Å². The molecule has 1 heterocycles. The highest BCUT2D eigenvalue weighted by Crippen LogP contribution is 2.27. The minimum atomic E-state index is -0.0135. The number of ether oxygens (including phenoxy) is 1. The molecule has 1 saturated heterocycles. The van der Waals surface area contributed by atoms with Gasteiger partial charge in [0, 0.05) is 23.1 Å². The highest BCUT2D eigenvalue weighted by atomic mass is 79.9. The normalized spacial score (nSPS) is 14.7. The summed E-state index contributed by atoms with van der Waals surface area (Å²) in [5.41, 5.74) is 1.28. The molecular formula is C16H14BrNO2. The summed E-state index contributed by atoms with van der Waals surface area (Å²) in [5, 5.41) is 3.15. The van der Waals surface area contributed by atoms with Gasteiger partial charge in [0.1, 0.15) is 11.9 Å². The molecule has 0 bridgehead atoms.